The fourth-order valence-corrected chi connectivity index (χ4v) is 1.41. The SMILES string of the molecule is OC(COc1cc(F)cc(F)c1)C1CC1. The molecule has 1 N–H and O–H groups in total. The molecule has 0 saturated heterocycles. The summed E-state index contributed by atoms with van der Waals surface area (Å²) < 4.78 is 30.6. The highest BCUT2D eigenvalue weighted by molar-refractivity contribution is 5.23. The van der Waals surface area contributed by atoms with Crippen LogP contribution in [0.25, 0.3) is 0 Å². The molecule has 1 aliphatic carbocycles. The van der Waals surface area contributed by atoms with Gasteiger partial charge in [-0.25, -0.2) is 8.78 Å². The molecule has 0 bridgehead atoms. The van der Waals surface area contributed by atoms with Crippen LogP contribution in [0.1, 0.15) is 12.8 Å². The minimum Gasteiger partial charge on any atom is -0.491 e. The molecule has 0 aromatic heterocycles. The maximum atomic E-state index is 12.7. The Balaban J connectivity index is 1.91. The molecule has 1 fully saturated rings. The zero-order chi connectivity index (χ0) is 10.8. The predicted octanol–water partition coefficient (Wildman–Crippen LogP) is 2.11. The van der Waals surface area contributed by atoms with Gasteiger partial charge in [0.2, 0.25) is 0 Å². The molecular weight excluding hydrogens is 202 g/mol. The van der Waals surface area contributed by atoms with Gasteiger partial charge in [0.15, 0.2) is 0 Å². The van der Waals surface area contributed by atoms with E-state index in [1.807, 2.05) is 0 Å². The van der Waals surface area contributed by atoms with Crippen LogP contribution in [0.2, 0.25) is 0 Å². The van der Waals surface area contributed by atoms with Gasteiger partial charge in [0, 0.05) is 18.2 Å². The second kappa shape index (κ2) is 4.14. The fraction of sp³-hybridized carbons (Fsp3) is 0.455. The number of rotatable bonds is 4. The molecule has 0 radical (unpaired) electrons. The summed E-state index contributed by atoms with van der Waals surface area (Å²) in [7, 11) is 0. The minimum atomic E-state index is -0.675. The number of halogens is 2. The smallest absolute Gasteiger partial charge is 0.129 e. The highest BCUT2D eigenvalue weighted by Crippen LogP contribution is 2.32. The average Bonchev–Trinajstić information content (AvgIpc) is 2.95. The summed E-state index contributed by atoms with van der Waals surface area (Å²) in [5.41, 5.74) is 0. The van der Waals surface area contributed by atoms with Gasteiger partial charge in [0.1, 0.15) is 24.0 Å². The first-order chi connectivity index (χ1) is 7.15. The van der Waals surface area contributed by atoms with Gasteiger partial charge in [-0.2, -0.15) is 0 Å². The van der Waals surface area contributed by atoms with E-state index in [9.17, 15) is 13.9 Å². The van der Waals surface area contributed by atoms with E-state index in [0.29, 0.717) is 5.92 Å². The number of hydrogen-bond donors (Lipinski definition) is 1. The van der Waals surface area contributed by atoms with Crippen molar-refractivity contribution >= 4 is 0 Å². The number of aliphatic hydroxyl groups excluding tert-OH is 1. The Morgan fingerprint density at radius 1 is 1.27 bits per heavy atom. The molecule has 1 aromatic rings. The second-order valence-electron chi connectivity index (χ2n) is 3.82. The third kappa shape index (κ3) is 2.89. The Hall–Kier alpha value is -1.16. The van der Waals surface area contributed by atoms with E-state index < -0.39 is 17.7 Å². The molecule has 1 aromatic carbocycles. The topological polar surface area (TPSA) is 29.5 Å². The van der Waals surface area contributed by atoms with Gasteiger partial charge in [-0.15, -0.1) is 0 Å². The molecular formula is C11H12F2O2. The summed E-state index contributed by atoms with van der Waals surface area (Å²) in [5.74, 6) is -0.938. The van der Waals surface area contributed by atoms with Crippen molar-refractivity contribution in [1.82, 2.24) is 0 Å². The van der Waals surface area contributed by atoms with Crippen molar-refractivity contribution in [3.8, 4) is 5.75 Å². The van der Waals surface area contributed by atoms with Gasteiger partial charge >= 0.3 is 0 Å². The maximum absolute atomic E-state index is 12.7. The highest BCUT2D eigenvalue weighted by Gasteiger charge is 2.30. The van der Waals surface area contributed by atoms with Crippen molar-refractivity contribution < 1.29 is 18.6 Å². The van der Waals surface area contributed by atoms with Crippen LogP contribution in [0.15, 0.2) is 18.2 Å². The van der Waals surface area contributed by atoms with E-state index in [2.05, 4.69) is 0 Å². The van der Waals surface area contributed by atoms with Crippen molar-refractivity contribution in [2.24, 2.45) is 5.92 Å². The van der Waals surface area contributed by atoms with Gasteiger partial charge < -0.3 is 9.84 Å². The van der Waals surface area contributed by atoms with Crippen molar-refractivity contribution in [3.63, 3.8) is 0 Å². The lowest BCUT2D eigenvalue weighted by Crippen LogP contribution is -2.19. The summed E-state index contributed by atoms with van der Waals surface area (Å²) in [5, 5.41) is 9.48. The Labute approximate surface area is 86.5 Å². The van der Waals surface area contributed by atoms with Gasteiger partial charge in [-0.05, 0) is 18.8 Å². The van der Waals surface area contributed by atoms with E-state index in [-0.39, 0.29) is 12.4 Å². The van der Waals surface area contributed by atoms with E-state index in [4.69, 9.17) is 4.74 Å². The number of benzene rings is 1. The fourth-order valence-electron chi connectivity index (χ4n) is 1.41. The third-order valence-electron chi connectivity index (χ3n) is 2.42. The zero-order valence-electron chi connectivity index (χ0n) is 8.12. The van der Waals surface area contributed by atoms with Gasteiger partial charge in [-0.3, -0.25) is 0 Å². The summed E-state index contributed by atoms with van der Waals surface area (Å²) in [6.45, 7) is 0.0908. The molecule has 1 aliphatic rings. The molecule has 4 heteroatoms. The second-order valence-corrected chi connectivity index (χ2v) is 3.82. The van der Waals surface area contributed by atoms with Gasteiger partial charge in [0.05, 0.1) is 6.10 Å². The number of hydrogen-bond acceptors (Lipinski definition) is 2. The van der Waals surface area contributed by atoms with Crippen LogP contribution in [-0.2, 0) is 0 Å². The average molecular weight is 214 g/mol. The van der Waals surface area contributed by atoms with Crippen LogP contribution in [0.3, 0.4) is 0 Å². The molecule has 0 heterocycles. The van der Waals surface area contributed by atoms with E-state index in [0.717, 1.165) is 31.0 Å². The normalized spacial score (nSPS) is 17.5. The van der Waals surface area contributed by atoms with E-state index in [1.165, 1.54) is 0 Å². The Morgan fingerprint density at radius 3 is 2.40 bits per heavy atom. The Kier molecular flexibility index (Phi) is 2.86. The quantitative estimate of drug-likeness (QED) is 0.831. The summed E-state index contributed by atoms with van der Waals surface area (Å²) >= 11 is 0. The first-order valence-electron chi connectivity index (χ1n) is 4.92. The molecule has 0 aliphatic heterocycles. The molecule has 1 unspecified atom stereocenters. The first kappa shape index (κ1) is 10.4. The van der Waals surface area contributed by atoms with Crippen LogP contribution in [0.5, 0.6) is 5.75 Å². The molecule has 15 heavy (non-hydrogen) atoms. The lowest BCUT2D eigenvalue weighted by Gasteiger charge is -2.11. The van der Waals surface area contributed by atoms with Crippen molar-refractivity contribution in [2.75, 3.05) is 6.61 Å². The van der Waals surface area contributed by atoms with E-state index >= 15 is 0 Å². The monoisotopic (exact) mass is 214 g/mol. The molecule has 0 spiro atoms. The van der Waals surface area contributed by atoms with Crippen molar-refractivity contribution in [3.05, 3.63) is 29.8 Å². The third-order valence-corrected chi connectivity index (χ3v) is 2.42. The van der Waals surface area contributed by atoms with Crippen molar-refractivity contribution in [2.45, 2.75) is 18.9 Å². The zero-order valence-corrected chi connectivity index (χ0v) is 8.12. The van der Waals surface area contributed by atoms with Gasteiger partial charge in [-0.1, -0.05) is 0 Å². The summed E-state index contributed by atoms with van der Waals surface area (Å²) in [6.07, 6.45) is 1.47. The van der Waals surface area contributed by atoms with Crippen LogP contribution in [0, 0.1) is 17.6 Å². The van der Waals surface area contributed by atoms with Crippen LogP contribution >= 0.6 is 0 Å². The van der Waals surface area contributed by atoms with Crippen LogP contribution < -0.4 is 4.74 Å². The Morgan fingerprint density at radius 2 is 1.87 bits per heavy atom. The molecule has 1 atom stereocenters. The highest BCUT2D eigenvalue weighted by atomic mass is 19.1. The first-order valence-corrected chi connectivity index (χ1v) is 4.92. The Bertz CT molecular complexity index is 330. The van der Waals surface area contributed by atoms with Crippen LogP contribution in [-0.4, -0.2) is 17.8 Å². The number of aliphatic hydroxyl groups is 1. The maximum Gasteiger partial charge on any atom is 0.129 e. The lowest BCUT2D eigenvalue weighted by molar-refractivity contribution is 0.0891. The summed E-state index contributed by atoms with van der Waals surface area (Å²) in [4.78, 5) is 0. The van der Waals surface area contributed by atoms with E-state index in [1.54, 1.807) is 0 Å². The molecule has 1 saturated carbocycles. The lowest BCUT2D eigenvalue weighted by atomic mass is 10.2. The van der Waals surface area contributed by atoms with Crippen molar-refractivity contribution in [1.29, 1.82) is 0 Å². The molecule has 0 amide bonds. The molecule has 2 nitrogen and oxygen atoms in total. The van der Waals surface area contributed by atoms with Crippen LogP contribution in [0.4, 0.5) is 8.78 Å². The summed E-state index contributed by atoms with van der Waals surface area (Å²) in [6, 6.07) is 2.98. The minimum absolute atomic E-state index is 0.0908. The largest absolute Gasteiger partial charge is 0.491 e. The standard InChI is InChI=1S/C11H12F2O2/c12-8-3-9(13)5-10(4-8)15-6-11(14)7-1-2-7/h3-5,7,11,14H,1-2,6H2. The predicted molar refractivity (Wildman–Crippen MR) is 50.6 cm³/mol. The molecule has 2 rings (SSSR count). The van der Waals surface area contributed by atoms with Gasteiger partial charge in [0.25, 0.3) is 0 Å². The number of ether oxygens (including phenoxy) is 1. The molecule has 82 valence electrons.